The van der Waals surface area contributed by atoms with Gasteiger partial charge in [0.05, 0.1) is 11.9 Å². The molecule has 0 bridgehead atoms. The van der Waals surface area contributed by atoms with E-state index in [0.29, 0.717) is 6.61 Å². The lowest BCUT2D eigenvalue weighted by Gasteiger charge is -2.05. The van der Waals surface area contributed by atoms with Crippen LogP contribution in [-0.2, 0) is 9.53 Å². The monoisotopic (exact) mass is 192 g/mol. The van der Waals surface area contributed by atoms with Crippen LogP contribution < -0.4 is 0 Å². The summed E-state index contributed by atoms with van der Waals surface area (Å²) in [4.78, 5) is 10.4. The average molecular weight is 192 g/mol. The Morgan fingerprint density at radius 2 is 2.25 bits per heavy atom. The van der Waals surface area contributed by atoms with E-state index in [1.54, 1.807) is 6.92 Å². The first-order chi connectivity index (χ1) is 5.68. The number of hydrogen-bond acceptors (Lipinski definition) is 3. The van der Waals surface area contributed by atoms with E-state index in [2.05, 4.69) is 0 Å². The molecule has 0 fully saturated rings. The molecule has 0 aromatic rings. The molecule has 1 atom stereocenters. The fourth-order valence-electron chi connectivity index (χ4n) is 0.602. The maximum atomic E-state index is 10.4. The van der Waals surface area contributed by atoms with E-state index in [9.17, 15) is 4.79 Å². The van der Waals surface area contributed by atoms with Gasteiger partial charge in [-0.15, -0.1) is 11.8 Å². The molecule has 0 heterocycles. The first kappa shape index (κ1) is 11.8. The minimum Gasteiger partial charge on any atom is -0.480 e. The van der Waals surface area contributed by atoms with E-state index < -0.39 is 5.97 Å². The summed E-state index contributed by atoms with van der Waals surface area (Å²) in [5.74, 6) is 0.00323. The van der Waals surface area contributed by atoms with Crippen molar-refractivity contribution >= 4 is 17.7 Å². The molecule has 1 unspecified atom stereocenters. The summed E-state index contributed by atoms with van der Waals surface area (Å²) < 4.78 is 5.20. The van der Waals surface area contributed by atoms with Crippen LogP contribution in [0.5, 0.6) is 0 Å². The molecular weight excluding hydrogens is 176 g/mol. The number of carboxylic acid groups (broad SMARTS) is 1. The summed E-state index contributed by atoms with van der Waals surface area (Å²) in [5, 5.41) is 8.20. The molecule has 0 aliphatic rings. The van der Waals surface area contributed by atoms with Gasteiger partial charge in [-0.2, -0.15) is 0 Å². The van der Waals surface area contributed by atoms with Gasteiger partial charge in [0.25, 0.3) is 0 Å². The lowest BCUT2D eigenvalue weighted by Crippen LogP contribution is -2.13. The van der Waals surface area contributed by atoms with Crippen molar-refractivity contribution in [1.29, 1.82) is 0 Å². The highest BCUT2D eigenvalue weighted by Gasteiger charge is 2.09. The zero-order valence-corrected chi connectivity index (χ0v) is 8.39. The SMILES string of the molecule is CCCOCCSC(C)C(=O)O. The molecule has 1 N–H and O–H groups in total. The molecule has 0 aromatic carbocycles. The summed E-state index contributed by atoms with van der Waals surface area (Å²) in [7, 11) is 0. The Morgan fingerprint density at radius 3 is 2.75 bits per heavy atom. The second-order valence-corrected chi connectivity index (χ2v) is 3.91. The molecule has 12 heavy (non-hydrogen) atoms. The third-order valence-corrected chi connectivity index (χ3v) is 2.40. The van der Waals surface area contributed by atoms with Gasteiger partial charge in [0.2, 0.25) is 0 Å². The first-order valence-electron chi connectivity index (χ1n) is 4.10. The second kappa shape index (κ2) is 7.43. The van der Waals surface area contributed by atoms with Crippen LogP contribution in [0.2, 0.25) is 0 Å². The van der Waals surface area contributed by atoms with Gasteiger partial charge in [-0.05, 0) is 13.3 Å². The number of thioether (sulfide) groups is 1. The Hall–Kier alpha value is -0.220. The van der Waals surface area contributed by atoms with Crippen LogP contribution in [0.25, 0.3) is 0 Å². The highest BCUT2D eigenvalue weighted by Crippen LogP contribution is 2.09. The van der Waals surface area contributed by atoms with Gasteiger partial charge in [0.1, 0.15) is 0 Å². The Kier molecular flexibility index (Phi) is 7.29. The molecule has 0 aliphatic carbocycles. The lowest BCUT2D eigenvalue weighted by atomic mass is 10.5. The topological polar surface area (TPSA) is 46.5 Å². The zero-order valence-electron chi connectivity index (χ0n) is 7.58. The van der Waals surface area contributed by atoms with Gasteiger partial charge in [0, 0.05) is 12.4 Å². The van der Waals surface area contributed by atoms with Crippen molar-refractivity contribution in [2.45, 2.75) is 25.5 Å². The molecule has 0 radical (unpaired) electrons. The molecule has 0 aliphatic heterocycles. The Labute approximate surface area is 77.5 Å². The third-order valence-electron chi connectivity index (χ3n) is 1.29. The largest absolute Gasteiger partial charge is 0.480 e. The van der Waals surface area contributed by atoms with Gasteiger partial charge < -0.3 is 9.84 Å². The molecule has 0 saturated heterocycles. The zero-order chi connectivity index (χ0) is 9.40. The molecule has 0 rings (SSSR count). The van der Waals surface area contributed by atoms with Crippen molar-refractivity contribution in [2.24, 2.45) is 0 Å². The number of rotatable bonds is 7. The summed E-state index contributed by atoms with van der Waals surface area (Å²) in [5.41, 5.74) is 0. The van der Waals surface area contributed by atoms with Gasteiger partial charge in [-0.3, -0.25) is 4.79 Å². The van der Waals surface area contributed by atoms with Crippen molar-refractivity contribution < 1.29 is 14.6 Å². The molecule has 72 valence electrons. The highest BCUT2D eigenvalue weighted by molar-refractivity contribution is 8.00. The molecule has 0 saturated carbocycles. The van der Waals surface area contributed by atoms with Crippen LogP contribution in [0.4, 0.5) is 0 Å². The molecule has 0 aromatic heterocycles. The Morgan fingerprint density at radius 1 is 1.58 bits per heavy atom. The lowest BCUT2D eigenvalue weighted by molar-refractivity contribution is -0.136. The molecule has 0 spiro atoms. The molecule has 3 nitrogen and oxygen atoms in total. The number of ether oxygens (including phenoxy) is 1. The van der Waals surface area contributed by atoms with E-state index >= 15 is 0 Å². The van der Waals surface area contributed by atoms with Crippen LogP contribution in [0, 0.1) is 0 Å². The number of carboxylic acids is 1. The van der Waals surface area contributed by atoms with Crippen LogP contribution >= 0.6 is 11.8 Å². The minimum absolute atomic E-state index is 0.324. The van der Waals surface area contributed by atoms with Crippen molar-refractivity contribution in [1.82, 2.24) is 0 Å². The van der Waals surface area contributed by atoms with Crippen LogP contribution in [0.3, 0.4) is 0 Å². The fourth-order valence-corrected chi connectivity index (χ4v) is 1.31. The minimum atomic E-state index is -0.754. The van der Waals surface area contributed by atoms with E-state index in [1.807, 2.05) is 6.92 Å². The first-order valence-corrected chi connectivity index (χ1v) is 5.15. The van der Waals surface area contributed by atoms with E-state index in [-0.39, 0.29) is 5.25 Å². The Balaban J connectivity index is 3.14. The van der Waals surface area contributed by atoms with Crippen LogP contribution in [-0.4, -0.2) is 35.3 Å². The summed E-state index contributed by atoms with van der Waals surface area (Å²) in [6.07, 6.45) is 1.01. The fraction of sp³-hybridized carbons (Fsp3) is 0.875. The number of carbonyl (C=O) groups is 1. The summed E-state index contributed by atoms with van der Waals surface area (Å²) >= 11 is 1.41. The van der Waals surface area contributed by atoms with Crippen molar-refractivity contribution in [2.75, 3.05) is 19.0 Å². The number of hydrogen-bond donors (Lipinski definition) is 1. The molecular formula is C8H16O3S. The standard InChI is InChI=1S/C8H16O3S/c1-3-4-11-5-6-12-7(2)8(9)10/h7H,3-6H2,1-2H3,(H,9,10). The van der Waals surface area contributed by atoms with Gasteiger partial charge >= 0.3 is 5.97 Å². The third kappa shape index (κ3) is 6.49. The quantitative estimate of drug-likeness (QED) is 0.623. The van der Waals surface area contributed by atoms with Gasteiger partial charge in [0.15, 0.2) is 0 Å². The summed E-state index contributed by atoms with van der Waals surface area (Å²) in [6, 6.07) is 0. The van der Waals surface area contributed by atoms with Crippen LogP contribution in [0.15, 0.2) is 0 Å². The van der Waals surface area contributed by atoms with E-state index in [1.165, 1.54) is 11.8 Å². The molecule has 0 amide bonds. The van der Waals surface area contributed by atoms with Crippen molar-refractivity contribution in [3.05, 3.63) is 0 Å². The Bertz CT molecular complexity index is 127. The van der Waals surface area contributed by atoms with Crippen LogP contribution in [0.1, 0.15) is 20.3 Å². The summed E-state index contributed by atoms with van der Waals surface area (Å²) in [6.45, 7) is 5.15. The van der Waals surface area contributed by atoms with E-state index in [4.69, 9.17) is 9.84 Å². The number of aliphatic carboxylic acids is 1. The average Bonchev–Trinajstić information content (AvgIpc) is 2.03. The van der Waals surface area contributed by atoms with E-state index in [0.717, 1.165) is 18.8 Å². The maximum absolute atomic E-state index is 10.4. The van der Waals surface area contributed by atoms with Gasteiger partial charge in [-0.25, -0.2) is 0 Å². The molecule has 4 heteroatoms. The maximum Gasteiger partial charge on any atom is 0.316 e. The van der Waals surface area contributed by atoms with Crippen molar-refractivity contribution in [3.8, 4) is 0 Å². The predicted molar refractivity (Wildman–Crippen MR) is 50.7 cm³/mol. The van der Waals surface area contributed by atoms with Crippen molar-refractivity contribution in [3.63, 3.8) is 0 Å². The normalized spacial score (nSPS) is 12.8. The van der Waals surface area contributed by atoms with Gasteiger partial charge in [-0.1, -0.05) is 6.92 Å². The second-order valence-electron chi connectivity index (χ2n) is 2.46. The highest BCUT2D eigenvalue weighted by atomic mass is 32.2. The predicted octanol–water partition coefficient (Wildman–Crippen LogP) is 1.62. The smallest absolute Gasteiger partial charge is 0.316 e.